The molecule has 0 aromatic carbocycles. The van der Waals surface area contributed by atoms with Crippen molar-refractivity contribution in [1.29, 1.82) is 0 Å². The van der Waals surface area contributed by atoms with Gasteiger partial charge in [-0.05, 0) is 26.3 Å². The summed E-state index contributed by atoms with van der Waals surface area (Å²) >= 11 is 0. The number of nitrogens with zero attached hydrogens (tertiary/aromatic N) is 3. The van der Waals surface area contributed by atoms with Crippen LogP contribution in [-0.4, -0.2) is 33.6 Å². The monoisotopic (exact) mass is 236 g/mol. The molecule has 0 aliphatic heterocycles. The quantitative estimate of drug-likeness (QED) is 0.811. The predicted molar refractivity (Wildman–Crippen MR) is 69.5 cm³/mol. The Morgan fingerprint density at radius 3 is 2.76 bits per heavy atom. The summed E-state index contributed by atoms with van der Waals surface area (Å²) < 4.78 is 2.07. The van der Waals surface area contributed by atoms with Gasteiger partial charge in [0.1, 0.15) is 5.82 Å². The molecule has 4 nitrogen and oxygen atoms in total. The summed E-state index contributed by atoms with van der Waals surface area (Å²) in [5, 5.41) is 0. The summed E-state index contributed by atoms with van der Waals surface area (Å²) in [7, 11) is 4.20. The van der Waals surface area contributed by atoms with E-state index in [9.17, 15) is 0 Å². The Bertz CT molecular complexity index is 369. The highest BCUT2D eigenvalue weighted by atomic mass is 15.2. The highest BCUT2D eigenvalue weighted by Gasteiger charge is 2.35. The van der Waals surface area contributed by atoms with Crippen molar-refractivity contribution in [3.8, 4) is 0 Å². The molecule has 0 radical (unpaired) electrons. The molecule has 2 rings (SSSR count). The zero-order valence-electron chi connectivity index (χ0n) is 11.2. The first kappa shape index (κ1) is 12.6. The molecule has 1 aliphatic carbocycles. The second-order valence-corrected chi connectivity index (χ2v) is 5.66. The number of likely N-dealkylation sites (N-methyl/N-ethyl adjacent to an activating group) is 1. The Balaban J connectivity index is 2.01. The number of nitrogens with two attached hydrogens (primary N) is 1. The zero-order valence-corrected chi connectivity index (χ0v) is 11.2. The molecule has 1 atom stereocenters. The van der Waals surface area contributed by atoms with E-state index in [1.165, 1.54) is 19.3 Å². The van der Waals surface area contributed by atoms with Crippen LogP contribution in [0.1, 0.15) is 32.0 Å². The van der Waals surface area contributed by atoms with Crippen molar-refractivity contribution >= 4 is 0 Å². The Hall–Kier alpha value is -0.870. The molecule has 2 N–H and O–H groups in total. The van der Waals surface area contributed by atoms with Gasteiger partial charge in [0.2, 0.25) is 0 Å². The van der Waals surface area contributed by atoms with Gasteiger partial charge < -0.3 is 10.3 Å². The number of aryl methyl sites for hydroxylation is 1. The lowest BCUT2D eigenvalue weighted by molar-refractivity contribution is 0.115. The van der Waals surface area contributed by atoms with Crippen LogP contribution in [0.25, 0.3) is 0 Å². The highest BCUT2D eigenvalue weighted by molar-refractivity contribution is 4.96. The minimum absolute atomic E-state index is 0.104. The van der Waals surface area contributed by atoms with E-state index in [2.05, 4.69) is 28.4 Å². The van der Waals surface area contributed by atoms with Gasteiger partial charge in [0.15, 0.2) is 0 Å². The fourth-order valence-corrected chi connectivity index (χ4v) is 2.29. The lowest BCUT2D eigenvalue weighted by Gasteiger charge is -2.38. The Kier molecular flexibility index (Phi) is 3.54. The third-order valence-corrected chi connectivity index (χ3v) is 4.09. The van der Waals surface area contributed by atoms with Gasteiger partial charge in [-0.3, -0.25) is 4.90 Å². The fraction of sp³-hybridized carbons (Fsp3) is 0.769. The second-order valence-electron chi connectivity index (χ2n) is 5.66. The smallest absolute Gasteiger partial charge is 0.122 e. The molecular weight excluding hydrogens is 212 g/mol. The average molecular weight is 236 g/mol. The van der Waals surface area contributed by atoms with Crippen molar-refractivity contribution < 1.29 is 0 Å². The average Bonchev–Trinajstić information content (AvgIpc) is 3.02. The minimum Gasteiger partial charge on any atom is -0.337 e. The van der Waals surface area contributed by atoms with Crippen LogP contribution >= 0.6 is 0 Å². The predicted octanol–water partition coefficient (Wildman–Crippen LogP) is 1.37. The van der Waals surface area contributed by atoms with Gasteiger partial charge in [-0.1, -0.05) is 12.8 Å². The maximum atomic E-state index is 5.98. The number of imidazole rings is 1. The fourth-order valence-electron chi connectivity index (χ4n) is 2.29. The van der Waals surface area contributed by atoms with Gasteiger partial charge in [0.25, 0.3) is 0 Å². The summed E-state index contributed by atoms with van der Waals surface area (Å²) in [5.74, 6) is 2.00. The number of hydrogen-bond donors (Lipinski definition) is 1. The first-order valence-electron chi connectivity index (χ1n) is 6.42. The number of rotatable bonds is 6. The third-order valence-electron chi connectivity index (χ3n) is 4.09. The molecule has 1 heterocycles. The van der Waals surface area contributed by atoms with E-state index in [4.69, 9.17) is 5.73 Å². The van der Waals surface area contributed by atoms with Gasteiger partial charge in [-0.15, -0.1) is 0 Å². The SMILES string of the molecule is CN(Cc1nccn1C)C(C)(CN)CC1CC1. The van der Waals surface area contributed by atoms with Crippen molar-refractivity contribution in [1.82, 2.24) is 14.5 Å². The van der Waals surface area contributed by atoms with Crippen LogP contribution in [-0.2, 0) is 13.6 Å². The summed E-state index contributed by atoms with van der Waals surface area (Å²) in [6, 6.07) is 0. The highest BCUT2D eigenvalue weighted by Crippen LogP contribution is 2.38. The lowest BCUT2D eigenvalue weighted by atomic mass is 9.93. The van der Waals surface area contributed by atoms with E-state index < -0.39 is 0 Å². The molecule has 1 unspecified atom stereocenters. The van der Waals surface area contributed by atoms with Crippen LogP contribution < -0.4 is 5.73 Å². The standard InChI is InChI=1S/C13H24N4/c1-13(10-14,8-11-4-5-11)17(3)9-12-15-6-7-16(12)2/h6-7,11H,4-5,8-10,14H2,1-3H3. The van der Waals surface area contributed by atoms with Crippen LogP contribution in [0.4, 0.5) is 0 Å². The van der Waals surface area contributed by atoms with E-state index in [1.54, 1.807) is 0 Å². The van der Waals surface area contributed by atoms with E-state index in [1.807, 2.05) is 19.4 Å². The van der Waals surface area contributed by atoms with Gasteiger partial charge in [-0.2, -0.15) is 0 Å². The topological polar surface area (TPSA) is 47.1 Å². The molecule has 17 heavy (non-hydrogen) atoms. The largest absolute Gasteiger partial charge is 0.337 e. The van der Waals surface area contributed by atoms with Crippen molar-refractivity contribution in [2.75, 3.05) is 13.6 Å². The molecule has 1 fully saturated rings. The van der Waals surface area contributed by atoms with Crippen molar-refractivity contribution in [2.24, 2.45) is 18.7 Å². The molecule has 1 aromatic rings. The van der Waals surface area contributed by atoms with Crippen LogP contribution in [0.2, 0.25) is 0 Å². The van der Waals surface area contributed by atoms with Gasteiger partial charge in [0.05, 0.1) is 6.54 Å². The summed E-state index contributed by atoms with van der Waals surface area (Å²) in [5.41, 5.74) is 6.09. The third kappa shape index (κ3) is 2.87. The molecule has 1 saturated carbocycles. The molecule has 0 spiro atoms. The summed E-state index contributed by atoms with van der Waals surface area (Å²) in [6.07, 6.45) is 7.82. The minimum atomic E-state index is 0.104. The Morgan fingerprint density at radius 1 is 1.59 bits per heavy atom. The van der Waals surface area contributed by atoms with Crippen molar-refractivity contribution in [3.05, 3.63) is 18.2 Å². The van der Waals surface area contributed by atoms with E-state index in [0.29, 0.717) is 6.54 Å². The molecule has 0 bridgehead atoms. The van der Waals surface area contributed by atoms with E-state index in [0.717, 1.165) is 18.3 Å². The Labute approximate surface area is 104 Å². The van der Waals surface area contributed by atoms with Gasteiger partial charge >= 0.3 is 0 Å². The van der Waals surface area contributed by atoms with Crippen LogP contribution in [0.15, 0.2) is 12.4 Å². The summed E-state index contributed by atoms with van der Waals surface area (Å²) in [4.78, 5) is 6.73. The van der Waals surface area contributed by atoms with Gasteiger partial charge in [0, 0.05) is 31.5 Å². The van der Waals surface area contributed by atoms with Crippen LogP contribution in [0, 0.1) is 5.92 Å². The molecule has 4 heteroatoms. The second kappa shape index (κ2) is 4.78. The van der Waals surface area contributed by atoms with E-state index >= 15 is 0 Å². The number of aromatic nitrogens is 2. The molecule has 1 aromatic heterocycles. The first-order chi connectivity index (χ1) is 8.05. The maximum absolute atomic E-state index is 5.98. The van der Waals surface area contributed by atoms with Crippen molar-refractivity contribution in [2.45, 2.75) is 38.3 Å². The Morgan fingerprint density at radius 2 is 2.29 bits per heavy atom. The van der Waals surface area contributed by atoms with Crippen LogP contribution in [0.5, 0.6) is 0 Å². The zero-order chi connectivity index (χ0) is 12.5. The van der Waals surface area contributed by atoms with Crippen LogP contribution in [0.3, 0.4) is 0 Å². The molecule has 96 valence electrons. The molecular formula is C13H24N4. The number of hydrogen-bond acceptors (Lipinski definition) is 3. The maximum Gasteiger partial charge on any atom is 0.122 e. The normalized spacial score (nSPS) is 19.6. The first-order valence-corrected chi connectivity index (χ1v) is 6.42. The van der Waals surface area contributed by atoms with E-state index in [-0.39, 0.29) is 5.54 Å². The molecule has 0 amide bonds. The lowest BCUT2D eigenvalue weighted by Crippen LogP contribution is -2.49. The molecule has 1 aliphatic rings. The van der Waals surface area contributed by atoms with Crippen molar-refractivity contribution in [3.63, 3.8) is 0 Å². The van der Waals surface area contributed by atoms with Gasteiger partial charge in [-0.25, -0.2) is 4.98 Å². The summed E-state index contributed by atoms with van der Waals surface area (Å²) in [6.45, 7) is 3.85. The molecule has 0 saturated heterocycles.